The van der Waals surface area contributed by atoms with Gasteiger partial charge in [0.2, 0.25) is 0 Å². The highest BCUT2D eigenvalue weighted by atomic mass is 19.4. The minimum atomic E-state index is -5.16. The van der Waals surface area contributed by atoms with Crippen LogP contribution in [0.4, 0.5) is 35.1 Å². The van der Waals surface area contributed by atoms with Gasteiger partial charge in [0.05, 0.1) is 29.6 Å². The van der Waals surface area contributed by atoms with Gasteiger partial charge in [-0.3, -0.25) is 9.36 Å². The third-order valence-electron chi connectivity index (χ3n) is 5.55. The van der Waals surface area contributed by atoms with E-state index in [2.05, 4.69) is 0 Å². The Balaban J connectivity index is 1.92. The maximum Gasteiger partial charge on any atom is 0.419 e. The Morgan fingerprint density at radius 1 is 0.895 bits per heavy atom. The van der Waals surface area contributed by atoms with Crippen LogP contribution in [0, 0.1) is 23.0 Å². The topological polar surface area (TPSA) is 79.2 Å². The molecule has 13 heteroatoms. The zero-order chi connectivity index (χ0) is 28.0. The van der Waals surface area contributed by atoms with Crippen LogP contribution in [0.25, 0.3) is 22.6 Å². The van der Waals surface area contributed by atoms with Gasteiger partial charge in [0.15, 0.2) is 5.76 Å². The fourth-order valence-electron chi connectivity index (χ4n) is 3.72. The van der Waals surface area contributed by atoms with Gasteiger partial charge < -0.3 is 9.52 Å². The quantitative estimate of drug-likeness (QED) is 0.292. The summed E-state index contributed by atoms with van der Waals surface area (Å²) in [4.78, 5) is 13.0. The molecular formula is C25H12F8N2O3. The molecule has 196 valence electrons. The zero-order valence-electron chi connectivity index (χ0n) is 18.6. The Bertz CT molecular complexity index is 1640. The van der Waals surface area contributed by atoms with Crippen molar-refractivity contribution in [3.63, 3.8) is 0 Å². The fourth-order valence-corrected chi connectivity index (χ4v) is 3.72. The number of phenols is 1. The molecule has 0 bridgehead atoms. The molecule has 0 saturated heterocycles. The van der Waals surface area contributed by atoms with Crippen molar-refractivity contribution in [2.24, 2.45) is 0 Å². The molecule has 0 aliphatic carbocycles. The Hall–Kier alpha value is -4.60. The number of phenolic OH excluding ortho intramolecular Hbond substituents is 1. The van der Waals surface area contributed by atoms with E-state index >= 15 is 0 Å². The van der Waals surface area contributed by atoms with Crippen molar-refractivity contribution in [3.05, 3.63) is 99.0 Å². The van der Waals surface area contributed by atoms with Gasteiger partial charge in [0, 0.05) is 17.2 Å². The third-order valence-corrected chi connectivity index (χ3v) is 5.55. The number of aromatic nitrogens is 1. The van der Waals surface area contributed by atoms with E-state index in [4.69, 9.17) is 4.42 Å². The third kappa shape index (κ3) is 4.97. The summed E-state index contributed by atoms with van der Waals surface area (Å²) in [5.41, 5.74) is -6.81. The average molecular weight is 540 g/mol. The van der Waals surface area contributed by atoms with Crippen molar-refractivity contribution in [2.45, 2.75) is 18.9 Å². The molecular weight excluding hydrogens is 528 g/mol. The maximum atomic E-state index is 14.3. The van der Waals surface area contributed by atoms with Crippen LogP contribution in [0.15, 0.2) is 64.0 Å². The number of halogens is 8. The van der Waals surface area contributed by atoms with Crippen molar-refractivity contribution in [1.82, 2.24) is 4.57 Å². The van der Waals surface area contributed by atoms with Gasteiger partial charge in [0.1, 0.15) is 29.0 Å². The number of benzene rings is 2. The van der Waals surface area contributed by atoms with Crippen LogP contribution in [0.1, 0.15) is 22.3 Å². The standard InChI is InChI=1S/C25H12F8N2O3/c26-15-3-1-13(19(27)7-15)10-35-20(8-17(24(28,29)30)16(9-34)23(35)37)22-6-14(11-38-22)12-2-4-21(36)18(5-12)25(31,32)33/h1-8,11,36H,10H2. The Morgan fingerprint density at radius 2 is 1.58 bits per heavy atom. The van der Waals surface area contributed by atoms with Gasteiger partial charge in [-0.25, -0.2) is 8.78 Å². The number of aromatic hydroxyl groups is 1. The minimum absolute atomic E-state index is 0.0598. The van der Waals surface area contributed by atoms with Crippen LogP contribution in [0.3, 0.4) is 0 Å². The van der Waals surface area contributed by atoms with Gasteiger partial charge in [-0.2, -0.15) is 31.6 Å². The van der Waals surface area contributed by atoms with Gasteiger partial charge in [-0.1, -0.05) is 12.1 Å². The van der Waals surface area contributed by atoms with Crippen molar-refractivity contribution in [1.29, 1.82) is 5.26 Å². The highest BCUT2D eigenvalue weighted by Gasteiger charge is 2.37. The molecule has 2 aromatic heterocycles. The zero-order valence-corrected chi connectivity index (χ0v) is 18.6. The van der Waals surface area contributed by atoms with E-state index in [1.165, 1.54) is 6.07 Å². The number of hydrogen-bond acceptors (Lipinski definition) is 4. The molecule has 0 aliphatic rings. The van der Waals surface area contributed by atoms with Crippen molar-refractivity contribution in [2.75, 3.05) is 0 Å². The maximum absolute atomic E-state index is 14.3. The van der Waals surface area contributed by atoms with Crippen molar-refractivity contribution in [3.8, 4) is 34.4 Å². The molecule has 2 heterocycles. The van der Waals surface area contributed by atoms with E-state index in [0.29, 0.717) is 22.8 Å². The number of rotatable bonds is 4. The molecule has 4 rings (SSSR count). The molecule has 0 fully saturated rings. The molecule has 0 aliphatic heterocycles. The smallest absolute Gasteiger partial charge is 0.419 e. The SMILES string of the molecule is N#Cc1c(C(F)(F)F)cc(-c2cc(-c3ccc(O)c(C(F)(F)F)c3)co2)n(Cc2ccc(F)cc2F)c1=O. The second kappa shape index (κ2) is 9.37. The van der Waals surface area contributed by atoms with Gasteiger partial charge >= 0.3 is 12.4 Å². The summed E-state index contributed by atoms with van der Waals surface area (Å²) < 4.78 is 114. The predicted octanol–water partition coefficient (Wildman–Crippen LogP) is 6.72. The summed E-state index contributed by atoms with van der Waals surface area (Å²) in [7, 11) is 0. The lowest BCUT2D eigenvalue weighted by Gasteiger charge is -2.16. The molecule has 0 amide bonds. The van der Waals surface area contributed by atoms with E-state index in [1.54, 1.807) is 0 Å². The van der Waals surface area contributed by atoms with Gasteiger partial charge in [-0.05, 0) is 35.9 Å². The van der Waals surface area contributed by atoms with Crippen molar-refractivity contribution >= 4 is 0 Å². The van der Waals surface area contributed by atoms with Gasteiger partial charge in [-0.15, -0.1) is 0 Å². The number of pyridine rings is 1. The van der Waals surface area contributed by atoms with Crippen LogP contribution < -0.4 is 5.56 Å². The number of hydrogen-bond donors (Lipinski definition) is 1. The van der Waals surface area contributed by atoms with Gasteiger partial charge in [0.25, 0.3) is 5.56 Å². The predicted molar refractivity (Wildman–Crippen MR) is 116 cm³/mol. The second-order valence-corrected chi connectivity index (χ2v) is 7.98. The summed E-state index contributed by atoms with van der Waals surface area (Å²) in [5.74, 6) is -3.56. The Kier molecular flexibility index (Phi) is 6.52. The van der Waals surface area contributed by atoms with E-state index in [1.807, 2.05) is 0 Å². The summed E-state index contributed by atoms with van der Waals surface area (Å²) in [6.07, 6.45) is -9.17. The first kappa shape index (κ1) is 26.5. The average Bonchev–Trinajstić information content (AvgIpc) is 3.30. The Morgan fingerprint density at radius 3 is 2.18 bits per heavy atom. The summed E-state index contributed by atoms with van der Waals surface area (Å²) >= 11 is 0. The van der Waals surface area contributed by atoms with E-state index < -0.39 is 70.0 Å². The summed E-state index contributed by atoms with van der Waals surface area (Å²) in [6, 6.07) is 7.38. The number of nitrogens with zero attached hydrogens (tertiary/aromatic N) is 2. The molecule has 1 N–H and O–H groups in total. The van der Waals surface area contributed by atoms with Crippen LogP contribution in [0.2, 0.25) is 0 Å². The van der Waals surface area contributed by atoms with Crippen LogP contribution in [-0.2, 0) is 18.9 Å². The van der Waals surface area contributed by atoms with Crippen LogP contribution in [0.5, 0.6) is 5.75 Å². The van der Waals surface area contributed by atoms with Crippen LogP contribution >= 0.6 is 0 Å². The first-order valence-corrected chi connectivity index (χ1v) is 10.4. The fraction of sp³-hybridized carbons (Fsp3) is 0.120. The second-order valence-electron chi connectivity index (χ2n) is 7.98. The lowest BCUT2D eigenvalue weighted by Crippen LogP contribution is -2.29. The van der Waals surface area contributed by atoms with Crippen molar-refractivity contribution < 1.29 is 44.6 Å². The number of furan rings is 1. The molecule has 0 unspecified atom stereocenters. The molecule has 0 spiro atoms. The minimum Gasteiger partial charge on any atom is -0.507 e. The number of nitriles is 1. The monoisotopic (exact) mass is 540 g/mol. The molecule has 0 saturated carbocycles. The molecule has 5 nitrogen and oxygen atoms in total. The molecule has 0 radical (unpaired) electrons. The lowest BCUT2D eigenvalue weighted by molar-refractivity contribution is -0.139. The normalized spacial score (nSPS) is 12.0. The molecule has 2 aromatic carbocycles. The van der Waals surface area contributed by atoms with E-state index in [9.17, 15) is 50.3 Å². The van der Waals surface area contributed by atoms with Crippen LogP contribution in [-0.4, -0.2) is 9.67 Å². The molecule has 4 aromatic rings. The first-order chi connectivity index (χ1) is 17.7. The molecule has 0 atom stereocenters. The summed E-state index contributed by atoms with van der Waals surface area (Å²) in [6.45, 7) is -0.736. The number of alkyl halides is 6. The lowest BCUT2D eigenvalue weighted by atomic mass is 10.0. The van der Waals surface area contributed by atoms with E-state index in [-0.39, 0.29) is 16.7 Å². The Labute approximate surface area is 207 Å². The highest BCUT2D eigenvalue weighted by molar-refractivity contribution is 5.70. The first-order valence-electron chi connectivity index (χ1n) is 10.4. The highest BCUT2D eigenvalue weighted by Crippen LogP contribution is 2.40. The van der Waals surface area contributed by atoms with E-state index in [0.717, 1.165) is 36.6 Å². The largest absolute Gasteiger partial charge is 0.507 e. The molecule has 38 heavy (non-hydrogen) atoms. The summed E-state index contributed by atoms with van der Waals surface area (Å²) in [5, 5.41) is 18.8.